The second-order valence-electron chi connectivity index (χ2n) is 4.67. The van der Waals surface area contributed by atoms with Gasteiger partial charge in [-0.2, -0.15) is 0 Å². The first-order valence-electron chi connectivity index (χ1n) is 5.69. The molecule has 1 aromatic carbocycles. The number of benzene rings is 1. The van der Waals surface area contributed by atoms with Crippen LogP contribution in [0.3, 0.4) is 0 Å². The molecule has 0 radical (unpaired) electrons. The van der Waals surface area contributed by atoms with Crippen LogP contribution in [0.5, 0.6) is 0 Å². The fraction of sp³-hybridized carbons (Fsp3) is 0.417. The van der Waals surface area contributed by atoms with Gasteiger partial charge in [0.25, 0.3) is 0 Å². The van der Waals surface area contributed by atoms with E-state index in [1.807, 2.05) is 18.2 Å². The average Bonchev–Trinajstić information content (AvgIpc) is 2.57. The van der Waals surface area contributed by atoms with Gasteiger partial charge in [0, 0.05) is 19.2 Å². The summed E-state index contributed by atoms with van der Waals surface area (Å²) in [4.78, 5) is 14.4. The Labute approximate surface area is 95.1 Å². The van der Waals surface area contributed by atoms with Crippen molar-refractivity contribution in [3.8, 4) is 0 Å². The van der Waals surface area contributed by atoms with Crippen LogP contribution >= 0.6 is 0 Å². The molecule has 2 aliphatic heterocycles. The van der Waals surface area contributed by atoms with Crippen molar-refractivity contribution in [3.05, 3.63) is 24.3 Å². The monoisotopic (exact) mass is 218 g/mol. The summed E-state index contributed by atoms with van der Waals surface area (Å²) in [7, 11) is 2.11. The van der Waals surface area contributed by atoms with Gasteiger partial charge < -0.3 is 0 Å². The lowest BCUT2D eigenvalue weighted by atomic mass is 10.2. The standard InChI is InChI=1S/C12H15N3O/c1-14-6-8-15(9-7-14)11-5-3-2-4-10(11)13-12(15)16/h2-5H,6-9H2,1H3/p+1. The zero-order valence-corrected chi connectivity index (χ0v) is 9.44. The number of hydrogen-bond acceptors (Lipinski definition) is 2. The maximum atomic E-state index is 12.2. The van der Waals surface area contributed by atoms with Crippen molar-refractivity contribution in [2.24, 2.45) is 0 Å². The molecule has 2 heterocycles. The summed E-state index contributed by atoms with van der Waals surface area (Å²) in [6.07, 6.45) is 0. The van der Waals surface area contributed by atoms with Crippen LogP contribution in [0.4, 0.5) is 16.2 Å². The summed E-state index contributed by atoms with van der Waals surface area (Å²) < 4.78 is 0.487. The number of amides is 2. The molecule has 2 amide bonds. The molecule has 1 spiro atoms. The van der Waals surface area contributed by atoms with Crippen molar-refractivity contribution in [1.82, 2.24) is 9.38 Å². The first-order valence-corrected chi connectivity index (χ1v) is 5.69. The molecular formula is C12H16N3O+. The highest BCUT2D eigenvalue weighted by atomic mass is 16.2. The lowest BCUT2D eigenvalue weighted by Crippen LogP contribution is -2.62. The maximum Gasteiger partial charge on any atom is 0.426 e. The van der Waals surface area contributed by atoms with E-state index in [0.717, 1.165) is 37.6 Å². The third kappa shape index (κ3) is 1.20. The molecule has 1 fully saturated rings. The van der Waals surface area contributed by atoms with Crippen LogP contribution in [0.25, 0.3) is 0 Å². The molecule has 0 unspecified atom stereocenters. The number of fused-ring (bicyclic) bond motifs is 2. The maximum absolute atomic E-state index is 12.2. The minimum atomic E-state index is 0.134. The largest absolute Gasteiger partial charge is 0.426 e. The van der Waals surface area contributed by atoms with Gasteiger partial charge >= 0.3 is 6.03 Å². The van der Waals surface area contributed by atoms with Gasteiger partial charge in [0.2, 0.25) is 0 Å². The van der Waals surface area contributed by atoms with E-state index < -0.39 is 0 Å². The summed E-state index contributed by atoms with van der Waals surface area (Å²) in [5, 5.41) is 2.99. The second-order valence-corrected chi connectivity index (χ2v) is 4.67. The SMILES string of the molecule is CN1CC[N+]2(CC1)C(=O)Nc1ccccc12. The highest BCUT2D eigenvalue weighted by Crippen LogP contribution is 2.38. The van der Waals surface area contributed by atoms with E-state index in [4.69, 9.17) is 0 Å². The molecule has 16 heavy (non-hydrogen) atoms. The molecule has 1 saturated heterocycles. The highest BCUT2D eigenvalue weighted by molar-refractivity contribution is 6.07. The lowest BCUT2D eigenvalue weighted by molar-refractivity contribution is 0.169. The summed E-state index contributed by atoms with van der Waals surface area (Å²) in [5.74, 6) is 0. The summed E-state index contributed by atoms with van der Waals surface area (Å²) in [6, 6.07) is 8.17. The number of likely N-dealkylation sites (N-methyl/N-ethyl adjacent to an activating group) is 1. The number of rotatable bonds is 0. The first-order chi connectivity index (χ1) is 7.72. The number of quaternary nitrogens is 1. The predicted molar refractivity (Wildman–Crippen MR) is 64.5 cm³/mol. The second kappa shape index (κ2) is 3.30. The van der Waals surface area contributed by atoms with Crippen LogP contribution in [0.2, 0.25) is 0 Å². The number of urea groups is 1. The Bertz CT molecular complexity index is 436. The molecule has 3 rings (SSSR count). The number of para-hydroxylation sites is 2. The van der Waals surface area contributed by atoms with Crippen LogP contribution < -0.4 is 9.80 Å². The van der Waals surface area contributed by atoms with Crippen molar-refractivity contribution in [2.75, 3.05) is 38.5 Å². The van der Waals surface area contributed by atoms with E-state index >= 15 is 0 Å². The Morgan fingerprint density at radius 2 is 1.94 bits per heavy atom. The van der Waals surface area contributed by atoms with E-state index in [1.54, 1.807) is 0 Å². The average molecular weight is 218 g/mol. The Morgan fingerprint density at radius 1 is 1.25 bits per heavy atom. The van der Waals surface area contributed by atoms with Crippen molar-refractivity contribution in [3.63, 3.8) is 0 Å². The van der Waals surface area contributed by atoms with E-state index in [-0.39, 0.29) is 6.03 Å². The van der Waals surface area contributed by atoms with Crippen molar-refractivity contribution in [1.29, 1.82) is 0 Å². The molecule has 0 bridgehead atoms. The third-order valence-corrected chi connectivity index (χ3v) is 3.72. The summed E-state index contributed by atoms with van der Waals surface area (Å²) >= 11 is 0. The minimum absolute atomic E-state index is 0.134. The van der Waals surface area contributed by atoms with Gasteiger partial charge in [-0.15, -0.1) is 0 Å². The lowest BCUT2D eigenvalue weighted by Gasteiger charge is -2.37. The van der Waals surface area contributed by atoms with E-state index in [9.17, 15) is 4.79 Å². The van der Waals surface area contributed by atoms with E-state index in [1.165, 1.54) is 0 Å². The number of hydrogen-bond donors (Lipinski definition) is 1. The zero-order chi connectivity index (χ0) is 11.2. The van der Waals surface area contributed by atoms with Crippen molar-refractivity contribution < 1.29 is 4.79 Å². The van der Waals surface area contributed by atoms with Crippen LogP contribution in [0, 0.1) is 0 Å². The van der Waals surface area contributed by atoms with Gasteiger partial charge in [-0.3, -0.25) is 10.2 Å². The number of carbonyl (C=O) groups excluding carboxylic acids is 1. The van der Waals surface area contributed by atoms with E-state index in [2.05, 4.69) is 23.3 Å². The van der Waals surface area contributed by atoms with Gasteiger partial charge in [0.15, 0.2) is 5.69 Å². The van der Waals surface area contributed by atoms with Crippen LogP contribution in [0.1, 0.15) is 0 Å². The number of nitrogens with one attached hydrogen (secondary N) is 1. The topological polar surface area (TPSA) is 32.3 Å². The normalized spacial score (nSPS) is 23.2. The third-order valence-electron chi connectivity index (χ3n) is 3.72. The van der Waals surface area contributed by atoms with Gasteiger partial charge in [-0.25, -0.2) is 9.28 Å². The number of piperazine rings is 1. The quantitative estimate of drug-likeness (QED) is 0.669. The Kier molecular flexibility index (Phi) is 2.02. The summed E-state index contributed by atoms with van der Waals surface area (Å²) in [5.41, 5.74) is 2.12. The van der Waals surface area contributed by atoms with Crippen molar-refractivity contribution in [2.45, 2.75) is 0 Å². The van der Waals surface area contributed by atoms with E-state index in [0.29, 0.717) is 4.48 Å². The Hall–Kier alpha value is -1.39. The summed E-state index contributed by atoms with van der Waals surface area (Å²) in [6.45, 7) is 3.70. The molecular weight excluding hydrogens is 202 g/mol. The van der Waals surface area contributed by atoms with Crippen LogP contribution in [0.15, 0.2) is 24.3 Å². The Morgan fingerprint density at radius 3 is 2.69 bits per heavy atom. The predicted octanol–water partition coefficient (Wildman–Crippen LogP) is 1.48. The minimum Gasteiger partial charge on any atom is -0.295 e. The zero-order valence-electron chi connectivity index (χ0n) is 9.44. The van der Waals surface area contributed by atoms with Crippen molar-refractivity contribution >= 4 is 17.4 Å². The number of carbonyl (C=O) groups is 1. The fourth-order valence-electron chi connectivity index (χ4n) is 2.63. The number of anilines is 1. The van der Waals surface area contributed by atoms with Gasteiger partial charge in [0.1, 0.15) is 18.8 Å². The molecule has 0 saturated carbocycles. The molecule has 84 valence electrons. The number of nitrogens with zero attached hydrogens (tertiary/aromatic N) is 2. The smallest absolute Gasteiger partial charge is 0.295 e. The Balaban J connectivity index is 2.04. The molecule has 0 atom stereocenters. The highest BCUT2D eigenvalue weighted by Gasteiger charge is 2.48. The van der Waals surface area contributed by atoms with Gasteiger partial charge in [0.05, 0.1) is 0 Å². The van der Waals surface area contributed by atoms with Gasteiger partial charge in [-0.05, 0) is 13.1 Å². The molecule has 4 heteroatoms. The molecule has 2 aliphatic rings. The molecule has 0 aromatic heterocycles. The molecule has 0 aliphatic carbocycles. The van der Waals surface area contributed by atoms with Crippen LogP contribution in [-0.4, -0.2) is 44.2 Å². The fourth-order valence-corrected chi connectivity index (χ4v) is 2.63. The molecule has 4 nitrogen and oxygen atoms in total. The van der Waals surface area contributed by atoms with Gasteiger partial charge in [-0.1, -0.05) is 12.1 Å². The first kappa shape index (κ1) is 9.81. The molecule has 1 N–H and O–H groups in total. The van der Waals surface area contributed by atoms with Crippen LogP contribution in [-0.2, 0) is 0 Å². The molecule has 1 aromatic rings.